The van der Waals surface area contributed by atoms with Crippen LogP contribution in [0.15, 0.2) is 48.7 Å². The van der Waals surface area contributed by atoms with Gasteiger partial charge in [0.15, 0.2) is 11.5 Å². The predicted molar refractivity (Wildman–Crippen MR) is 102 cm³/mol. The first-order valence-electron chi connectivity index (χ1n) is 8.85. The normalized spacial score (nSPS) is 15.0. The van der Waals surface area contributed by atoms with Crippen LogP contribution in [0.2, 0.25) is 0 Å². The van der Waals surface area contributed by atoms with Gasteiger partial charge in [-0.2, -0.15) is 9.78 Å². The smallest absolute Gasteiger partial charge is 0.167 e. The Balaban J connectivity index is 1.86. The Morgan fingerprint density at radius 2 is 1.81 bits per heavy atom. The van der Waals surface area contributed by atoms with Crippen molar-refractivity contribution < 1.29 is 4.74 Å². The third kappa shape index (κ3) is 2.34. The molecular weight excluding hydrogens is 326 g/mol. The molecule has 0 unspecified atom stereocenters. The maximum atomic E-state index is 5.56. The molecule has 0 amide bonds. The molecule has 4 aromatic rings. The average molecular weight is 345 g/mol. The molecule has 6 nitrogen and oxygen atoms in total. The highest BCUT2D eigenvalue weighted by Crippen LogP contribution is 2.36. The summed E-state index contributed by atoms with van der Waals surface area (Å²) in [4.78, 5) is 11.8. The first-order valence-corrected chi connectivity index (χ1v) is 8.85. The van der Waals surface area contributed by atoms with Gasteiger partial charge in [-0.1, -0.05) is 24.3 Å². The monoisotopic (exact) mass is 345 g/mol. The summed E-state index contributed by atoms with van der Waals surface area (Å²) < 4.78 is 7.41. The molecule has 1 saturated heterocycles. The van der Waals surface area contributed by atoms with Gasteiger partial charge in [0, 0.05) is 24.7 Å². The van der Waals surface area contributed by atoms with Crippen LogP contribution < -0.4 is 4.90 Å². The van der Waals surface area contributed by atoms with Crippen molar-refractivity contribution in [2.24, 2.45) is 0 Å². The van der Waals surface area contributed by atoms with E-state index in [1.165, 1.54) is 5.69 Å². The van der Waals surface area contributed by atoms with Gasteiger partial charge in [0.2, 0.25) is 0 Å². The van der Waals surface area contributed by atoms with Crippen molar-refractivity contribution in [2.45, 2.75) is 6.92 Å². The molecule has 1 aliphatic rings. The van der Waals surface area contributed by atoms with Crippen molar-refractivity contribution in [3.8, 4) is 5.82 Å². The van der Waals surface area contributed by atoms with E-state index < -0.39 is 0 Å². The van der Waals surface area contributed by atoms with Crippen LogP contribution in [0.3, 0.4) is 0 Å². The second-order valence-corrected chi connectivity index (χ2v) is 6.46. The number of aryl methyl sites for hydroxylation is 1. The molecular formula is C20H19N5O. The van der Waals surface area contributed by atoms with Crippen molar-refractivity contribution in [1.82, 2.24) is 19.7 Å². The maximum absolute atomic E-state index is 5.56. The Kier molecular flexibility index (Phi) is 3.57. The number of rotatable bonds is 2. The van der Waals surface area contributed by atoms with Gasteiger partial charge in [-0.25, -0.2) is 9.97 Å². The number of hydrogen-bond donors (Lipinski definition) is 0. The average Bonchev–Trinajstić information content (AvgIpc) is 3.04. The number of para-hydroxylation sites is 1. The van der Waals surface area contributed by atoms with Gasteiger partial charge in [0.05, 0.1) is 35.5 Å². The molecule has 1 aromatic carbocycles. The molecule has 0 N–H and O–H groups in total. The van der Waals surface area contributed by atoms with Crippen molar-refractivity contribution in [1.29, 1.82) is 0 Å². The Hall–Kier alpha value is -2.99. The van der Waals surface area contributed by atoms with E-state index in [0.717, 1.165) is 59.8 Å². The molecule has 26 heavy (non-hydrogen) atoms. The molecule has 6 heteroatoms. The third-order valence-corrected chi connectivity index (χ3v) is 4.85. The number of aromatic nitrogens is 4. The molecule has 0 spiro atoms. The van der Waals surface area contributed by atoms with Crippen LogP contribution in [0.25, 0.3) is 27.8 Å². The fourth-order valence-electron chi connectivity index (χ4n) is 3.67. The second-order valence-electron chi connectivity index (χ2n) is 6.46. The fourth-order valence-corrected chi connectivity index (χ4v) is 3.67. The molecule has 0 radical (unpaired) electrons. The lowest BCUT2D eigenvalue weighted by Gasteiger charge is -2.30. The lowest BCUT2D eigenvalue weighted by molar-refractivity contribution is 0.123. The van der Waals surface area contributed by atoms with Crippen molar-refractivity contribution in [2.75, 3.05) is 31.2 Å². The van der Waals surface area contributed by atoms with Crippen LogP contribution in [-0.2, 0) is 4.74 Å². The molecule has 1 aliphatic heterocycles. The van der Waals surface area contributed by atoms with Crippen LogP contribution in [0.4, 0.5) is 5.69 Å². The van der Waals surface area contributed by atoms with Crippen LogP contribution in [0.1, 0.15) is 5.69 Å². The van der Waals surface area contributed by atoms with Crippen molar-refractivity contribution in [3.63, 3.8) is 0 Å². The van der Waals surface area contributed by atoms with Gasteiger partial charge in [-0.3, -0.25) is 0 Å². The minimum absolute atomic E-state index is 0.742. The zero-order valence-electron chi connectivity index (χ0n) is 14.6. The Bertz CT molecular complexity index is 1080. The van der Waals surface area contributed by atoms with Gasteiger partial charge < -0.3 is 9.64 Å². The van der Waals surface area contributed by atoms with E-state index in [2.05, 4.69) is 28.1 Å². The Morgan fingerprint density at radius 3 is 2.62 bits per heavy atom. The highest BCUT2D eigenvalue weighted by atomic mass is 16.5. The summed E-state index contributed by atoms with van der Waals surface area (Å²) in [6.07, 6.45) is 1.78. The van der Waals surface area contributed by atoms with Crippen LogP contribution in [-0.4, -0.2) is 46.1 Å². The van der Waals surface area contributed by atoms with E-state index in [1.807, 2.05) is 35.9 Å². The molecule has 0 saturated carbocycles. The lowest BCUT2D eigenvalue weighted by atomic mass is 10.1. The summed E-state index contributed by atoms with van der Waals surface area (Å²) in [6.45, 7) is 5.27. The van der Waals surface area contributed by atoms with Gasteiger partial charge >= 0.3 is 0 Å². The van der Waals surface area contributed by atoms with E-state index in [0.29, 0.717) is 0 Å². The van der Waals surface area contributed by atoms with E-state index in [1.54, 1.807) is 6.20 Å². The van der Waals surface area contributed by atoms with E-state index in [-0.39, 0.29) is 0 Å². The zero-order valence-corrected chi connectivity index (χ0v) is 14.6. The molecule has 4 heterocycles. The topological polar surface area (TPSA) is 56.1 Å². The number of pyridine rings is 2. The number of benzene rings is 1. The first-order chi connectivity index (χ1) is 12.8. The lowest BCUT2D eigenvalue weighted by Crippen LogP contribution is -2.36. The summed E-state index contributed by atoms with van der Waals surface area (Å²) in [5.41, 5.74) is 3.99. The molecule has 0 bridgehead atoms. The number of fused-ring (bicyclic) bond motifs is 2. The third-order valence-electron chi connectivity index (χ3n) is 4.85. The Labute approximate surface area is 151 Å². The molecule has 1 fully saturated rings. The van der Waals surface area contributed by atoms with Crippen molar-refractivity contribution >= 4 is 27.6 Å². The molecule has 0 atom stereocenters. The largest absolute Gasteiger partial charge is 0.378 e. The second kappa shape index (κ2) is 6.07. The number of anilines is 1. The fraction of sp³-hybridized carbons (Fsp3) is 0.250. The van der Waals surface area contributed by atoms with Gasteiger partial charge in [-0.05, 0) is 25.1 Å². The highest BCUT2D eigenvalue weighted by Gasteiger charge is 2.23. The minimum atomic E-state index is 0.742. The highest BCUT2D eigenvalue weighted by molar-refractivity contribution is 6.08. The van der Waals surface area contributed by atoms with E-state index in [4.69, 9.17) is 14.8 Å². The maximum Gasteiger partial charge on any atom is 0.167 e. The number of morpholine rings is 1. The summed E-state index contributed by atoms with van der Waals surface area (Å²) in [5.74, 6) is 0.779. The van der Waals surface area contributed by atoms with E-state index in [9.17, 15) is 0 Å². The van der Waals surface area contributed by atoms with Crippen molar-refractivity contribution in [3.05, 3.63) is 54.4 Å². The van der Waals surface area contributed by atoms with E-state index >= 15 is 0 Å². The minimum Gasteiger partial charge on any atom is -0.378 e. The molecule has 5 rings (SSSR count). The quantitative estimate of drug-likeness (QED) is 0.559. The number of hydrogen-bond acceptors (Lipinski definition) is 5. The van der Waals surface area contributed by atoms with Gasteiger partial charge in [-0.15, -0.1) is 0 Å². The zero-order chi connectivity index (χ0) is 17.5. The summed E-state index contributed by atoms with van der Waals surface area (Å²) >= 11 is 0. The number of nitrogens with zero attached hydrogens (tertiary/aromatic N) is 5. The predicted octanol–water partition coefficient (Wildman–Crippen LogP) is 3.11. The van der Waals surface area contributed by atoms with Crippen LogP contribution in [0.5, 0.6) is 0 Å². The van der Waals surface area contributed by atoms with Gasteiger partial charge in [0.1, 0.15) is 0 Å². The van der Waals surface area contributed by atoms with Crippen LogP contribution >= 0.6 is 0 Å². The summed E-state index contributed by atoms with van der Waals surface area (Å²) in [7, 11) is 0. The van der Waals surface area contributed by atoms with Gasteiger partial charge in [0.25, 0.3) is 0 Å². The molecule has 130 valence electrons. The molecule has 0 aliphatic carbocycles. The standard InChI is InChI=1S/C20H19N5O/c1-14-18-19(24-10-12-26-13-11-24)15-6-2-3-7-16(15)22-20(18)25(23-14)17-8-4-5-9-21-17/h2-9H,10-13H2,1H3. The Morgan fingerprint density at radius 1 is 1.00 bits per heavy atom. The summed E-state index contributed by atoms with van der Waals surface area (Å²) in [6, 6.07) is 14.1. The SMILES string of the molecule is Cc1nn(-c2ccccn2)c2nc3ccccc3c(N3CCOCC3)c12. The first kappa shape index (κ1) is 15.3. The summed E-state index contributed by atoms with van der Waals surface area (Å²) in [5, 5.41) is 7.02. The number of ether oxygens (including phenoxy) is 1. The van der Waals surface area contributed by atoms with Crippen LogP contribution in [0, 0.1) is 6.92 Å². The molecule has 3 aromatic heterocycles.